The lowest BCUT2D eigenvalue weighted by Crippen LogP contribution is -2.45. The van der Waals surface area contributed by atoms with Crippen LogP contribution >= 0.6 is 23.2 Å². The number of aromatic nitrogens is 3. The van der Waals surface area contributed by atoms with Gasteiger partial charge in [0, 0.05) is 59.7 Å². The summed E-state index contributed by atoms with van der Waals surface area (Å²) in [7, 11) is 3.66. The summed E-state index contributed by atoms with van der Waals surface area (Å²) < 4.78 is 11.1. The summed E-state index contributed by atoms with van der Waals surface area (Å²) in [4.78, 5) is 33.1. The van der Waals surface area contributed by atoms with Gasteiger partial charge in [0.2, 0.25) is 11.8 Å². The van der Waals surface area contributed by atoms with E-state index in [1.165, 1.54) is 20.0 Å². The first kappa shape index (κ1) is 31.0. The van der Waals surface area contributed by atoms with Crippen molar-refractivity contribution in [2.24, 2.45) is 11.3 Å². The molecule has 0 amide bonds. The molecule has 9 nitrogen and oxygen atoms in total. The number of rotatable bonds is 8. The number of halogens is 2. The Morgan fingerprint density at radius 3 is 2.41 bits per heavy atom. The summed E-state index contributed by atoms with van der Waals surface area (Å²) in [6.45, 7) is 6.80. The third-order valence-electron chi connectivity index (χ3n) is 9.23. The molecular formula is C33H40Cl2N6O3. The highest BCUT2D eigenvalue weighted by molar-refractivity contribution is 6.35. The van der Waals surface area contributed by atoms with Crippen LogP contribution in [0, 0.1) is 11.3 Å². The minimum Gasteiger partial charge on any atom is -0.469 e. The highest BCUT2D eigenvalue weighted by Crippen LogP contribution is 2.39. The Balaban J connectivity index is 1.18. The topological polar surface area (TPSA) is 83.9 Å². The SMILES string of the molecule is COC(=O)CC1CCN(Cc2cc(Oc3cnc(N4CCCC5(CCN(C)C5)C4)nc3)nc(-c3cc(Cl)cc(Cl)c3)c2)CC1. The van der Waals surface area contributed by atoms with E-state index in [1.54, 1.807) is 18.5 Å². The Morgan fingerprint density at radius 2 is 1.73 bits per heavy atom. The fraction of sp³-hybridized carbons (Fsp3) is 0.515. The number of likely N-dealkylation sites (tertiary alicyclic amines) is 2. The molecule has 11 heteroatoms. The minimum atomic E-state index is -0.136. The highest BCUT2D eigenvalue weighted by atomic mass is 35.5. The lowest BCUT2D eigenvalue weighted by Gasteiger charge is -2.40. The second-order valence-corrected chi connectivity index (χ2v) is 13.6. The standard InChI is InChI=1S/C33H40Cl2N6O3/c1-39-11-7-33(21-39)6-3-8-41(22-33)32-36-18-28(19-37-32)44-30-13-24(12-29(38-30)25-15-26(34)17-27(35)16-25)20-40-9-4-23(5-10-40)14-31(42)43-2/h12-13,15-19,23H,3-11,14,20-22H2,1-2H3. The van der Waals surface area contributed by atoms with Crippen molar-refractivity contribution in [2.45, 2.75) is 45.1 Å². The van der Waals surface area contributed by atoms with Gasteiger partial charge < -0.3 is 19.3 Å². The zero-order valence-corrected chi connectivity index (χ0v) is 27.0. The Labute approximate surface area is 269 Å². The number of esters is 1. The molecule has 0 aliphatic carbocycles. The predicted molar refractivity (Wildman–Crippen MR) is 172 cm³/mol. The maximum Gasteiger partial charge on any atom is 0.305 e. The third-order valence-corrected chi connectivity index (χ3v) is 9.66. The molecule has 6 rings (SSSR count). The van der Waals surface area contributed by atoms with Crippen molar-refractivity contribution in [3.63, 3.8) is 0 Å². The molecule has 3 saturated heterocycles. The first-order valence-corrected chi connectivity index (χ1v) is 16.2. The van der Waals surface area contributed by atoms with Crippen molar-refractivity contribution >= 4 is 35.1 Å². The van der Waals surface area contributed by atoms with Gasteiger partial charge in [-0.1, -0.05) is 23.2 Å². The van der Waals surface area contributed by atoms with Crippen LogP contribution in [0.5, 0.6) is 11.6 Å². The normalized spacial score (nSPS) is 21.6. The molecule has 0 bridgehead atoms. The van der Waals surface area contributed by atoms with Gasteiger partial charge in [0.1, 0.15) is 0 Å². The van der Waals surface area contributed by atoms with Crippen molar-refractivity contribution in [2.75, 3.05) is 58.3 Å². The quantitative estimate of drug-likeness (QED) is 0.263. The summed E-state index contributed by atoms with van der Waals surface area (Å²) in [5, 5.41) is 1.09. The van der Waals surface area contributed by atoms with Crippen LogP contribution in [0.15, 0.2) is 42.7 Å². The summed E-state index contributed by atoms with van der Waals surface area (Å²) in [6, 6.07) is 9.44. The number of hydrogen-bond donors (Lipinski definition) is 0. The lowest BCUT2D eigenvalue weighted by atomic mass is 9.79. The number of piperidine rings is 2. The summed E-state index contributed by atoms with van der Waals surface area (Å²) >= 11 is 12.7. The molecular weight excluding hydrogens is 599 g/mol. The maximum atomic E-state index is 11.7. The minimum absolute atomic E-state index is 0.136. The number of carbonyl (C=O) groups is 1. The van der Waals surface area contributed by atoms with Crippen molar-refractivity contribution in [1.29, 1.82) is 0 Å². The maximum absolute atomic E-state index is 11.7. The second-order valence-electron chi connectivity index (χ2n) is 12.7. The van der Waals surface area contributed by atoms with Gasteiger partial charge in [0.15, 0.2) is 5.75 Å². The first-order chi connectivity index (χ1) is 21.3. The van der Waals surface area contributed by atoms with Gasteiger partial charge in [-0.2, -0.15) is 0 Å². The zero-order chi connectivity index (χ0) is 30.7. The van der Waals surface area contributed by atoms with Crippen LogP contribution in [-0.4, -0.2) is 84.1 Å². The van der Waals surface area contributed by atoms with E-state index >= 15 is 0 Å². The highest BCUT2D eigenvalue weighted by Gasteiger charge is 2.40. The van der Waals surface area contributed by atoms with Crippen molar-refractivity contribution in [1.82, 2.24) is 24.8 Å². The van der Waals surface area contributed by atoms with Crippen LogP contribution < -0.4 is 9.64 Å². The molecule has 1 atom stereocenters. The molecule has 0 N–H and O–H groups in total. The van der Waals surface area contributed by atoms with Gasteiger partial charge in [-0.3, -0.25) is 9.69 Å². The third kappa shape index (κ3) is 7.62. The van der Waals surface area contributed by atoms with E-state index in [0.717, 1.165) is 87.8 Å². The molecule has 5 heterocycles. The van der Waals surface area contributed by atoms with Gasteiger partial charge in [-0.25, -0.2) is 15.0 Å². The largest absolute Gasteiger partial charge is 0.469 e. The monoisotopic (exact) mass is 638 g/mol. The average molecular weight is 640 g/mol. The molecule has 3 fully saturated rings. The molecule has 44 heavy (non-hydrogen) atoms. The van der Waals surface area contributed by atoms with Crippen LogP contribution in [0.25, 0.3) is 11.3 Å². The summed E-state index contributed by atoms with van der Waals surface area (Å²) in [5.74, 6) is 1.96. The van der Waals surface area contributed by atoms with Gasteiger partial charge in [-0.15, -0.1) is 0 Å². The summed E-state index contributed by atoms with van der Waals surface area (Å²) in [6.07, 6.45) is 9.52. The number of benzene rings is 1. The fourth-order valence-electron chi connectivity index (χ4n) is 6.99. The van der Waals surface area contributed by atoms with E-state index < -0.39 is 0 Å². The van der Waals surface area contributed by atoms with E-state index in [4.69, 9.17) is 47.6 Å². The Kier molecular flexibility index (Phi) is 9.56. The number of ether oxygens (including phenoxy) is 2. The zero-order valence-electron chi connectivity index (χ0n) is 25.5. The number of carbonyl (C=O) groups excluding carboxylic acids is 1. The molecule has 234 valence electrons. The van der Waals surface area contributed by atoms with Gasteiger partial charge >= 0.3 is 5.97 Å². The van der Waals surface area contributed by atoms with Crippen LogP contribution in [0.3, 0.4) is 0 Å². The molecule has 2 aromatic heterocycles. The smallest absolute Gasteiger partial charge is 0.305 e. The molecule has 0 radical (unpaired) electrons. The van der Waals surface area contributed by atoms with Crippen LogP contribution in [0.2, 0.25) is 10.0 Å². The van der Waals surface area contributed by atoms with Crippen LogP contribution in [-0.2, 0) is 16.1 Å². The molecule has 0 saturated carbocycles. The molecule has 3 aliphatic heterocycles. The van der Waals surface area contributed by atoms with E-state index in [9.17, 15) is 4.79 Å². The number of hydrogen-bond acceptors (Lipinski definition) is 9. The molecule has 3 aromatic rings. The molecule has 3 aliphatic rings. The first-order valence-electron chi connectivity index (χ1n) is 15.5. The lowest BCUT2D eigenvalue weighted by molar-refractivity contribution is -0.142. The second kappa shape index (κ2) is 13.6. The van der Waals surface area contributed by atoms with Gasteiger partial charge in [0.05, 0.1) is 25.2 Å². The van der Waals surface area contributed by atoms with Crippen LogP contribution in [0.1, 0.15) is 44.1 Å². The number of nitrogens with zero attached hydrogens (tertiary/aromatic N) is 6. The number of pyridine rings is 1. The Hall–Kier alpha value is -2.98. The van der Waals surface area contributed by atoms with Crippen molar-refractivity contribution in [3.8, 4) is 22.9 Å². The van der Waals surface area contributed by atoms with E-state index in [0.29, 0.717) is 39.4 Å². The van der Waals surface area contributed by atoms with E-state index in [1.807, 2.05) is 18.2 Å². The Morgan fingerprint density at radius 1 is 0.977 bits per heavy atom. The molecule has 1 spiro atoms. The average Bonchev–Trinajstić information content (AvgIpc) is 3.36. The van der Waals surface area contributed by atoms with Gasteiger partial charge in [-0.05, 0) is 94.5 Å². The van der Waals surface area contributed by atoms with Crippen LogP contribution in [0.4, 0.5) is 5.95 Å². The fourth-order valence-corrected chi connectivity index (χ4v) is 7.52. The van der Waals surface area contributed by atoms with Crippen molar-refractivity contribution in [3.05, 3.63) is 58.3 Å². The summed E-state index contributed by atoms with van der Waals surface area (Å²) in [5.41, 5.74) is 2.94. The number of methoxy groups -OCH3 is 1. The Bertz CT molecular complexity index is 1440. The molecule has 1 aromatic carbocycles. The van der Waals surface area contributed by atoms with E-state index in [-0.39, 0.29) is 5.97 Å². The van der Waals surface area contributed by atoms with Crippen molar-refractivity contribution < 1.29 is 14.3 Å². The van der Waals surface area contributed by atoms with Gasteiger partial charge in [0.25, 0.3) is 0 Å². The van der Waals surface area contributed by atoms with E-state index in [2.05, 4.69) is 27.8 Å². The predicted octanol–water partition coefficient (Wildman–Crippen LogP) is 6.33. The number of anilines is 1. The molecule has 1 unspecified atom stereocenters.